The fourth-order valence-corrected chi connectivity index (χ4v) is 6.97. The van der Waals surface area contributed by atoms with Gasteiger partial charge in [-0.1, -0.05) is 61.2 Å². The molecule has 0 saturated heterocycles. The monoisotopic (exact) mass is 625 g/mol. The van der Waals surface area contributed by atoms with Crippen LogP contribution in [0, 0.1) is 6.92 Å². The molecule has 8 nitrogen and oxygen atoms in total. The molecule has 1 N–H and O–H groups in total. The second kappa shape index (κ2) is 14.8. The molecule has 0 radical (unpaired) electrons. The fraction of sp³-hybridized carbons (Fsp3) is 0.394. The lowest BCUT2D eigenvalue weighted by Gasteiger charge is -2.34. The van der Waals surface area contributed by atoms with Gasteiger partial charge in [0.05, 0.1) is 17.2 Å². The number of carbonyl (C=O) groups excluding carboxylic acids is 2. The smallest absolute Gasteiger partial charge is 0.264 e. The van der Waals surface area contributed by atoms with Crippen LogP contribution in [0.2, 0.25) is 5.02 Å². The van der Waals surface area contributed by atoms with Gasteiger partial charge in [-0.2, -0.15) is 0 Å². The number of ether oxygens (including phenoxy) is 1. The molecule has 10 heteroatoms. The van der Waals surface area contributed by atoms with Gasteiger partial charge in [0, 0.05) is 17.6 Å². The van der Waals surface area contributed by atoms with Crippen molar-refractivity contribution in [2.45, 2.75) is 76.4 Å². The van der Waals surface area contributed by atoms with Crippen molar-refractivity contribution in [1.29, 1.82) is 0 Å². The fourth-order valence-electron chi connectivity index (χ4n) is 5.43. The minimum atomic E-state index is -4.19. The summed E-state index contributed by atoms with van der Waals surface area (Å²) in [6.07, 6.45) is 4.33. The van der Waals surface area contributed by atoms with Gasteiger partial charge in [0.2, 0.25) is 11.8 Å². The van der Waals surface area contributed by atoms with Crippen LogP contribution < -0.4 is 14.4 Å². The SMILES string of the molecule is CCOc1ccc(N(CC(=O)N(Cc2cccc(C)c2)[C@H](CC)C(=O)NC2CCCC2)S(=O)(=O)c2ccc(Cl)cc2)cc1. The molecule has 0 spiro atoms. The lowest BCUT2D eigenvalue weighted by molar-refractivity contribution is -0.140. The Morgan fingerprint density at radius 3 is 2.28 bits per heavy atom. The Bertz CT molecular complexity index is 1490. The van der Waals surface area contributed by atoms with E-state index < -0.39 is 28.5 Å². The van der Waals surface area contributed by atoms with E-state index in [1.165, 1.54) is 29.2 Å². The molecule has 1 aliphatic carbocycles. The number of benzene rings is 3. The van der Waals surface area contributed by atoms with E-state index in [-0.39, 0.29) is 23.4 Å². The molecule has 0 aromatic heterocycles. The van der Waals surface area contributed by atoms with Gasteiger partial charge < -0.3 is 15.0 Å². The number of halogens is 1. The first-order valence-corrected chi connectivity index (χ1v) is 16.6. The molecule has 3 aromatic carbocycles. The minimum Gasteiger partial charge on any atom is -0.494 e. The molecule has 3 aromatic rings. The van der Waals surface area contributed by atoms with Gasteiger partial charge in [-0.05, 0) is 87.2 Å². The average molecular weight is 626 g/mol. The highest BCUT2D eigenvalue weighted by molar-refractivity contribution is 7.92. The molecule has 230 valence electrons. The maximum atomic E-state index is 14.3. The summed E-state index contributed by atoms with van der Waals surface area (Å²) in [5.74, 6) is -0.123. The lowest BCUT2D eigenvalue weighted by atomic mass is 10.1. The molecule has 1 fully saturated rings. The van der Waals surface area contributed by atoms with E-state index in [0.717, 1.165) is 41.1 Å². The molecular weight excluding hydrogens is 586 g/mol. The van der Waals surface area contributed by atoms with Crippen molar-refractivity contribution in [1.82, 2.24) is 10.2 Å². The second-order valence-corrected chi connectivity index (χ2v) is 13.1. The number of hydrogen-bond donors (Lipinski definition) is 1. The second-order valence-electron chi connectivity index (χ2n) is 10.8. The summed E-state index contributed by atoms with van der Waals surface area (Å²) >= 11 is 6.04. The number of amides is 2. The average Bonchev–Trinajstić information content (AvgIpc) is 3.49. The summed E-state index contributed by atoms with van der Waals surface area (Å²) in [4.78, 5) is 29.3. The highest BCUT2D eigenvalue weighted by atomic mass is 35.5. The zero-order chi connectivity index (χ0) is 31.0. The third kappa shape index (κ3) is 8.30. The molecular formula is C33H40ClN3O5S. The summed E-state index contributed by atoms with van der Waals surface area (Å²) in [7, 11) is -4.19. The van der Waals surface area contributed by atoms with Gasteiger partial charge >= 0.3 is 0 Å². The predicted octanol–water partition coefficient (Wildman–Crippen LogP) is 6.11. The van der Waals surface area contributed by atoms with Crippen molar-refractivity contribution in [3.63, 3.8) is 0 Å². The van der Waals surface area contributed by atoms with Crippen LogP contribution in [0.5, 0.6) is 5.75 Å². The van der Waals surface area contributed by atoms with E-state index in [1.54, 1.807) is 24.3 Å². The first-order chi connectivity index (χ1) is 20.6. The third-order valence-electron chi connectivity index (χ3n) is 7.64. The van der Waals surface area contributed by atoms with E-state index in [0.29, 0.717) is 29.5 Å². The standard InChI is InChI=1S/C33H40ClN3O5S/c1-4-31(33(39)35-27-11-6-7-12-27)36(22-25-10-8-9-24(3)21-25)32(38)23-37(28-15-17-29(18-16-28)42-5-2)43(40,41)30-19-13-26(34)14-20-30/h8-10,13-21,27,31H,4-7,11-12,22-23H2,1-3H3,(H,35,39)/t31-/m1/s1. The molecule has 1 aliphatic rings. The van der Waals surface area contributed by atoms with Crippen LogP contribution in [0.15, 0.2) is 77.7 Å². The molecule has 4 rings (SSSR count). The normalized spacial score (nSPS) is 14.2. The first-order valence-electron chi connectivity index (χ1n) is 14.8. The lowest BCUT2D eigenvalue weighted by Crippen LogP contribution is -2.53. The van der Waals surface area contributed by atoms with E-state index in [1.807, 2.05) is 45.0 Å². The molecule has 0 unspecified atom stereocenters. The zero-order valence-corrected chi connectivity index (χ0v) is 26.5. The Kier molecular flexibility index (Phi) is 11.1. The van der Waals surface area contributed by atoms with Crippen LogP contribution in [0.3, 0.4) is 0 Å². The maximum Gasteiger partial charge on any atom is 0.264 e. The maximum absolute atomic E-state index is 14.3. The third-order valence-corrected chi connectivity index (χ3v) is 9.68. The van der Waals surface area contributed by atoms with Gasteiger partial charge in [0.15, 0.2) is 0 Å². The summed E-state index contributed by atoms with van der Waals surface area (Å²) in [6, 6.07) is 19.4. The molecule has 1 atom stereocenters. The van der Waals surface area contributed by atoms with Gasteiger partial charge in [0.25, 0.3) is 10.0 Å². The Labute approximate surface area is 260 Å². The number of carbonyl (C=O) groups is 2. The van der Waals surface area contributed by atoms with Crippen LogP contribution in [-0.4, -0.2) is 50.4 Å². The Balaban J connectivity index is 1.71. The van der Waals surface area contributed by atoms with E-state index in [9.17, 15) is 18.0 Å². The molecule has 0 heterocycles. The Morgan fingerprint density at radius 1 is 1.00 bits per heavy atom. The van der Waals surface area contributed by atoms with Gasteiger partial charge in [-0.25, -0.2) is 8.42 Å². The van der Waals surface area contributed by atoms with Gasteiger partial charge in [-0.15, -0.1) is 0 Å². The zero-order valence-electron chi connectivity index (χ0n) is 25.0. The number of anilines is 1. The largest absolute Gasteiger partial charge is 0.494 e. The van der Waals surface area contributed by atoms with Crippen molar-refractivity contribution in [3.8, 4) is 5.75 Å². The number of nitrogens with zero attached hydrogens (tertiary/aromatic N) is 2. The molecule has 0 bridgehead atoms. The summed E-state index contributed by atoms with van der Waals surface area (Å²) in [6.45, 7) is 5.81. The van der Waals surface area contributed by atoms with Gasteiger partial charge in [0.1, 0.15) is 18.3 Å². The van der Waals surface area contributed by atoms with Crippen LogP contribution in [0.4, 0.5) is 5.69 Å². The number of hydrogen-bond acceptors (Lipinski definition) is 5. The highest BCUT2D eigenvalue weighted by Gasteiger charge is 2.34. The van der Waals surface area contributed by atoms with Crippen molar-refractivity contribution >= 4 is 39.1 Å². The van der Waals surface area contributed by atoms with E-state index in [2.05, 4.69) is 5.32 Å². The molecule has 1 saturated carbocycles. The summed E-state index contributed by atoms with van der Waals surface area (Å²) in [5, 5.41) is 3.53. The number of sulfonamides is 1. The molecule has 43 heavy (non-hydrogen) atoms. The van der Waals surface area contributed by atoms with Crippen LogP contribution in [0.1, 0.15) is 57.1 Å². The number of nitrogens with one attached hydrogen (secondary N) is 1. The molecule has 0 aliphatic heterocycles. The summed E-state index contributed by atoms with van der Waals surface area (Å²) < 4.78 is 34.7. The van der Waals surface area contributed by atoms with Gasteiger partial charge in [-0.3, -0.25) is 13.9 Å². The highest BCUT2D eigenvalue weighted by Crippen LogP contribution is 2.28. The number of aryl methyl sites for hydroxylation is 1. The van der Waals surface area contributed by atoms with Crippen LogP contribution in [0.25, 0.3) is 0 Å². The summed E-state index contributed by atoms with van der Waals surface area (Å²) in [5.41, 5.74) is 2.18. The topological polar surface area (TPSA) is 96.0 Å². The van der Waals surface area contributed by atoms with Crippen LogP contribution >= 0.6 is 11.6 Å². The predicted molar refractivity (Wildman–Crippen MR) is 170 cm³/mol. The minimum absolute atomic E-state index is 0.00478. The van der Waals surface area contributed by atoms with Crippen molar-refractivity contribution < 1.29 is 22.7 Å². The van der Waals surface area contributed by atoms with Crippen molar-refractivity contribution in [2.24, 2.45) is 0 Å². The quantitative estimate of drug-likeness (QED) is 0.247. The van der Waals surface area contributed by atoms with E-state index >= 15 is 0 Å². The first kappa shape index (κ1) is 32.4. The van der Waals surface area contributed by atoms with E-state index in [4.69, 9.17) is 16.3 Å². The van der Waals surface area contributed by atoms with Crippen molar-refractivity contribution in [2.75, 3.05) is 17.5 Å². The molecule has 2 amide bonds. The Hall–Kier alpha value is -3.56. The van der Waals surface area contributed by atoms with Crippen molar-refractivity contribution in [3.05, 3.63) is 88.9 Å². The van der Waals surface area contributed by atoms with Crippen LogP contribution in [-0.2, 0) is 26.2 Å². The Morgan fingerprint density at radius 2 is 1.67 bits per heavy atom. The number of rotatable bonds is 13.